The number of rotatable bonds is 6. The second kappa shape index (κ2) is 7.12. The van der Waals surface area contributed by atoms with Crippen LogP contribution in [0.15, 0.2) is 40.0 Å². The van der Waals surface area contributed by atoms with Gasteiger partial charge < -0.3 is 9.47 Å². The van der Waals surface area contributed by atoms with E-state index in [0.717, 1.165) is 19.4 Å². The molecule has 130 valence electrons. The first kappa shape index (κ1) is 17.2. The fourth-order valence-corrected chi connectivity index (χ4v) is 4.32. The van der Waals surface area contributed by atoms with E-state index in [9.17, 15) is 8.42 Å². The van der Waals surface area contributed by atoms with Crippen LogP contribution in [0, 0.1) is 0 Å². The Kier molecular flexibility index (Phi) is 5.12. The van der Waals surface area contributed by atoms with Crippen molar-refractivity contribution in [2.24, 2.45) is 0 Å². The van der Waals surface area contributed by atoms with Crippen molar-refractivity contribution in [2.75, 3.05) is 18.4 Å². The van der Waals surface area contributed by atoms with E-state index in [4.69, 9.17) is 9.47 Å². The maximum atomic E-state index is 12.6. The van der Waals surface area contributed by atoms with Gasteiger partial charge in [-0.05, 0) is 31.0 Å². The summed E-state index contributed by atoms with van der Waals surface area (Å²) in [4.78, 5) is 0.0613. The number of hydrogen-bond acceptors (Lipinski definition) is 5. The summed E-state index contributed by atoms with van der Waals surface area (Å²) >= 11 is 3.28. The number of aromatic nitrogens is 2. The van der Waals surface area contributed by atoms with Gasteiger partial charge in [0.15, 0.2) is 0 Å². The van der Waals surface area contributed by atoms with E-state index in [-0.39, 0.29) is 16.7 Å². The maximum absolute atomic E-state index is 12.6. The molecule has 1 aliphatic rings. The van der Waals surface area contributed by atoms with Gasteiger partial charge in [-0.1, -0.05) is 15.9 Å². The lowest BCUT2D eigenvalue weighted by molar-refractivity contribution is 0.0940. The third kappa shape index (κ3) is 3.90. The van der Waals surface area contributed by atoms with Gasteiger partial charge in [0.25, 0.3) is 10.0 Å². The molecule has 1 aromatic carbocycles. The zero-order valence-corrected chi connectivity index (χ0v) is 15.5. The zero-order valence-electron chi connectivity index (χ0n) is 13.1. The molecule has 1 unspecified atom stereocenters. The van der Waals surface area contributed by atoms with Crippen LogP contribution < -0.4 is 9.46 Å². The van der Waals surface area contributed by atoms with Crippen LogP contribution in [0.5, 0.6) is 5.75 Å². The molecule has 1 fully saturated rings. The second-order valence-electron chi connectivity index (χ2n) is 5.49. The first-order chi connectivity index (χ1) is 11.5. The lowest BCUT2D eigenvalue weighted by Gasteiger charge is -2.11. The molecule has 7 nitrogen and oxygen atoms in total. The molecule has 0 radical (unpaired) electrons. The monoisotopic (exact) mass is 415 g/mol. The molecular formula is C15H18BrN3O4S. The lowest BCUT2D eigenvalue weighted by atomic mass is 10.2. The molecule has 2 aromatic rings. The minimum Gasteiger partial charge on any atom is -0.495 e. The number of methoxy groups -OCH3 is 1. The quantitative estimate of drug-likeness (QED) is 0.783. The summed E-state index contributed by atoms with van der Waals surface area (Å²) in [7, 11) is -2.35. The second-order valence-corrected chi connectivity index (χ2v) is 8.05. The van der Waals surface area contributed by atoms with E-state index in [1.807, 2.05) is 0 Å². The molecule has 1 aliphatic heterocycles. The average molecular weight is 416 g/mol. The van der Waals surface area contributed by atoms with Crippen molar-refractivity contribution in [1.82, 2.24) is 9.78 Å². The predicted octanol–water partition coefficient (Wildman–Crippen LogP) is 2.63. The molecule has 0 saturated carbocycles. The highest BCUT2D eigenvalue weighted by molar-refractivity contribution is 9.10. The highest BCUT2D eigenvalue weighted by Crippen LogP contribution is 2.28. The highest BCUT2D eigenvalue weighted by atomic mass is 79.9. The molecule has 0 amide bonds. The average Bonchev–Trinajstić information content (AvgIpc) is 3.19. The van der Waals surface area contributed by atoms with Crippen molar-refractivity contribution in [3.05, 3.63) is 35.1 Å². The molecule has 0 aliphatic carbocycles. The topological polar surface area (TPSA) is 82.5 Å². The summed E-state index contributed by atoms with van der Waals surface area (Å²) in [6, 6.07) is 4.81. The summed E-state index contributed by atoms with van der Waals surface area (Å²) in [6.45, 7) is 1.38. The van der Waals surface area contributed by atoms with E-state index in [2.05, 4.69) is 25.8 Å². The summed E-state index contributed by atoms with van der Waals surface area (Å²) in [6.07, 6.45) is 5.32. The molecule has 24 heavy (non-hydrogen) atoms. The van der Waals surface area contributed by atoms with E-state index in [1.165, 1.54) is 19.4 Å². The first-order valence-electron chi connectivity index (χ1n) is 7.48. The lowest BCUT2D eigenvalue weighted by Crippen LogP contribution is -2.15. The number of sulfonamides is 1. The van der Waals surface area contributed by atoms with E-state index >= 15 is 0 Å². The molecule has 0 bridgehead atoms. The fraction of sp³-hybridized carbons (Fsp3) is 0.400. The van der Waals surface area contributed by atoms with Gasteiger partial charge in [0, 0.05) is 17.3 Å². The maximum Gasteiger partial charge on any atom is 0.265 e. The van der Waals surface area contributed by atoms with Crippen LogP contribution in [0.1, 0.15) is 12.8 Å². The minimum atomic E-state index is -3.78. The summed E-state index contributed by atoms with van der Waals surface area (Å²) in [5.74, 6) is 0.275. The van der Waals surface area contributed by atoms with E-state index < -0.39 is 10.0 Å². The summed E-state index contributed by atoms with van der Waals surface area (Å²) in [5.41, 5.74) is 0.398. The fourth-order valence-electron chi connectivity index (χ4n) is 2.58. The molecular weight excluding hydrogens is 398 g/mol. The Morgan fingerprint density at radius 1 is 1.50 bits per heavy atom. The number of nitrogens with one attached hydrogen (secondary N) is 1. The van der Waals surface area contributed by atoms with Crippen LogP contribution in [0.3, 0.4) is 0 Å². The van der Waals surface area contributed by atoms with Gasteiger partial charge in [0.1, 0.15) is 10.6 Å². The standard InChI is InChI=1S/C15H18BrN3O4S/c1-22-14-5-4-11(16)7-15(14)24(20,21)18-12-8-17-19(9-12)10-13-3-2-6-23-13/h4-5,7-9,13,18H,2-3,6,10H2,1H3. The Hall–Kier alpha value is -1.58. The number of nitrogens with zero attached hydrogens (tertiary/aromatic N) is 2. The van der Waals surface area contributed by atoms with Gasteiger partial charge in [-0.2, -0.15) is 5.10 Å². The number of hydrogen-bond donors (Lipinski definition) is 1. The summed E-state index contributed by atoms with van der Waals surface area (Å²) < 4.78 is 40.8. The van der Waals surface area contributed by atoms with Gasteiger partial charge in [-0.15, -0.1) is 0 Å². The number of halogens is 1. The van der Waals surface area contributed by atoms with E-state index in [0.29, 0.717) is 16.7 Å². The van der Waals surface area contributed by atoms with Crippen molar-refractivity contribution in [1.29, 1.82) is 0 Å². The third-order valence-electron chi connectivity index (χ3n) is 3.72. The predicted molar refractivity (Wildman–Crippen MR) is 92.7 cm³/mol. The van der Waals surface area contributed by atoms with Gasteiger partial charge in [-0.25, -0.2) is 8.42 Å². The first-order valence-corrected chi connectivity index (χ1v) is 9.76. The number of ether oxygens (including phenoxy) is 2. The SMILES string of the molecule is COc1ccc(Br)cc1S(=O)(=O)Nc1cnn(CC2CCCO2)c1. The largest absolute Gasteiger partial charge is 0.495 e. The molecule has 1 saturated heterocycles. The molecule has 1 aromatic heterocycles. The zero-order chi connectivity index (χ0) is 17.2. The Bertz CT molecular complexity index is 816. The molecule has 1 atom stereocenters. The number of anilines is 1. The van der Waals surface area contributed by atoms with Crippen molar-refractivity contribution in [3.63, 3.8) is 0 Å². The van der Waals surface area contributed by atoms with Crippen LogP contribution in [-0.4, -0.2) is 38.0 Å². The highest BCUT2D eigenvalue weighted by Gasteiger charge is 2.21. The van der Waals surface area contributed by atoms with E-state index in [1.54, 1.807) is 23.0 Å². The van der Waals surface area contributed by atoms with Gasteiger partial charge in [0.05, 0.1) is 31.6 Å². The smallest absolute Gasteiger partial charge is 0.265 e. The van der Waals surface area contributed by atoms with Crippen molar-refractivity contribution >= 4 is 31.6 Å². The molecule has 9 heteroatoms. The van der Waals surface area contributed by atoms with Gasteiger partial charge in [0.2, 0.25) is 0 Å². The van der Waals surface area contributed by atoms with Crippen molar-refractivity contribution in [2.45, 2.75) is 30.4 Å². The van der Waals surface area contributed by atoms with Crippen LogP contribution in [-0.2, 0) is 21.3 Å². The van der Waals surface area contributed by atoms with Crippen LogP contribution >= 0.6 is 15.9 Å². The minimum absolute atomic E-state index is 0.0613. The third-order valence-corrected chi connectivity index (χ3v) is 5.61. The van der Waals surface area contributed by atoms with Crippen LogP contribution in [0.25, 0.3) is 0 Å². The molecule has 2 heterocycles. The van der Waals surface area contributed by atoms with Crippen LogP contribution in [0.2, 0.25) is 0 Å². The number of benzene rings is 1. The molecule has 3 rings (SSSR count). The van der Waals surface area contributed by atoms with Crippen molar-refractivity contribution in [3.8, 4) is 5.75 Å². The van der Waals surface area contributed by atoms with Crippen molar-refractivity contribution < 1.29 is 17.9 Å². The normalized spacial score (nSPS) is 17.8. The van der Waals surface area contributed by atoms with Gasteiger partial charge >= 0.3 is 0 Å². The molecule has 1 N–H and O–H groups in total. The Morgan fingerprint density at radius 2 is 2.33 bits per heavy atom. The van der Waals surface area contributed by atoms with Crippen LogP contribution in [0.4, 0.5) is 5.69 Å². The molecule has 0 spiro atoms. The Labute approximate surface area is 149 Å². The Balaban J connectivity index is 1.77. The van der Waals surface area contributed by atoms with Gasteiger partial charge in [-0.3, -0.25) is 9.40 Å². The Morgan fingerprint density at radius 3 is 3.04 bits per heavy atom. The summed E-state index contributed by atoms with van der Waals surface area (Å²) in [5, 5.41) is 4.19.